The molecule has 1 aromatic carbocycles. The Labute approximate surface area is 82.1 Å². The molecule has 0 aliphatic heterocycles. The third-order valence-electron chi connectivity index (χ3n) is 1.81. The van der Waals surface area contributed by atoms with E-state index in [-0.39, 0.29) is 6.61 Å². The molecule has 0 radical (unpaired) electrons. The Balaban J connectivity index is 2.70. The highest BCUT2D eigenvalue weighted by atomic mass is 32.3. The van der Waals surface area contributed by atoms with E-state index in [1.165, 1.54) is 11.3 Å². The fraction of sp³-hybridized carbons (Fsp3) is 0.455. The molecule has 0 spiro atoms. The summed E-state index contributed by atoms with van der Waals surface area (Å²) in [6.07, 6.45) is 6.94. The van der Waals surface area contributed by atoms with Crippen molar-refractivity contribution in [2.75, 3.05) is 18.8 Å². The van der Waals surface area contributed by atoms with Crippen LogP contribution >= 0.6 is 10.0 Å². The lowest BCUT2D eigenvalue weighted by molar-refractivity contribution is 0.282. The molecule has 1 N–H and O–H groups in total. The number of aliphatic hydroxyl groups is 1. The number of aliphatic hydroxyl groups excluding tert-OH is 1. The van der Waals surface area contributed by atoms with Crippen LogP contribution < -0.4 is 0 Å². The van der Waals surface area contributed by atoms with Crippen LogP contribution in [0.1, 0.15) is 11.1 Å². The van der Waals surface area contributed by atoms with Crippen LogP contribution in [-0.4, -0.2) is 23.9 Å². The minimum atomic E-state index is -0.459. The number of rotatable bonds is 3. The van der Waals surface area contributed by atoms with Crippen molar-refractivity contribution >= 4 is 10.0 Å². The maximum absolute atomic E-state index is 8.87. The van der Waals surface area contributed by atoms with Crippen molar-refractivity contribution in [2.24, 2.45) is 0 Å². The minimum absolute atomic E-state index is 0.142. The van der Waals surface area contributed by atoms with Gasteiger partial charge in [0, 0.05) is 5.75 Å². The van der Waals surface area contributed by atoms with E-state index in [1.807, 2.05) is 12.1 Å². The third kappa shape index (κ3) is 3.83. The first kappa shape index (κ1) is 10.6. The van der Waals surface area contributed by atoms with Crippen LogP contribution in [0.25, 0.3) is 0 Å². The van der Waals surface area contributed by atoms with Gasteiger partial charge in [-0.1, -0.05) is 24.3 Å². The van der Waals surface area contributed by atoms with E-state index in [9.17, 15) is 0 Å². The first-order chi connectivity index (χ1) is 6.01. The van der Waals surface area contributed by atoms with E-state index in [0.29, 0.717) is 0 Å². The monoisotopic (exact) mass is 198 g/mol. The lowest BCUT2D eigenvalue weighted by atomic mass is 10.2. The molecule has 2 heteroatoms. The van der Waals surface area contributed by atoms with Crippen molar-refractivity contribution in [1.82, 2.24) is 0 Å². The van der Waals surface area contributed by atoms with Gasteiger partial charge in [-0.3, -0.25) is 0 Å². The average Bonchev–Trinajstić information content (AvgIpc) is 2.03. The molecule has 0 amide bonds. The Morgan fingerprint density at radius 1 is 1.00 bits per heavy atom. The molecule has 0 atom stereocenters. The van der Waals surface area contributed by atoms with E-state index in [0.717, 1.165) is 5.56 Å². The van der Waals surface area contributed by atoms with Crippen LogP contribution in [-0.2, 0) is 12.4 Å². The summed E-state index contributed by atoms with van der Waals surface area (Å²) in [5.74, 6) is 1.17. The quantitative estimate of drug-likeness (QED) is 0.790. The molecule has 0 heterocycles. The van der Waals surface area contributed by atoms with E-state index in [2.05, 4.69) is 30.9 Å². The van der Waals surface area contributed by atoms with E-state index in [4.69, 9.17) is 5.11 Å². The molecular weight excluding hydrogens is 180 g/mol. The van der Waals surface area contributed by atoms with Gasteiger partial charge in [0.25, 0.3) is 0 Å². The van der Waals surface area contributed by atoms with Crippen LogP contribution in [0, 0.1) is 0 Å². The predicted octanol–water partition coefficient (Wildman–Crippen LogP) is 2.37. The van der Waals surface area contributed by atoms with Crippen molar-refractivity contribution in [3.63, 3.8) is 0 Å². The van der Waals surface area contributed by atoms with Gasteiger partial charge in [-0.15, -0.1) is 0 Å². The van der Waals surface area contributed by atoms with Crippen molar-refractivity contribution in [3.05, 3.63) is 35.4 Å². The molecule has 0 aromatic heterocycles. The molecular formula is C11H18OS. The Morgan fingerprint density at radius 3 is 1.85 bits per heavy atom. The normalized spacial score (nSPS) is 12.9. The van der Waals surface area contributed by atoms with Gasteiger partial charge >= 0.3 is 0 Å². The van der Waals surface area contributed by atoms with Crippen LogP contribution in [0.3, 0.4) is 0 Å². The van der Waals surface area contributed by atoms with Gasteiger partial charge in [-0.2, -0.15) is 0 Å². The maximum Gasteiger partial charge on any atom is 0.0681 e. The Morgan fingerprint density at radius 2 is 1.46 bits per heavy atom. The summed E-state index contributed by atoms with van der Waals surface area (Å²) in [7, 11) is -0.459. The highest BCUT2D eigenvalue weighted by Crippen LogP contribution is 2.38. The largest absolute Gasteiger partial charge is 0.392 e. The Kier molecular flexibility index (Phi) is 3.40. The van der Waals surface area contributed by atoms with Gasteiger partial charge in [-0.25, -0.2) is 10.0 Å². The second kappa shape index (κ2) is 4.16. The SMILES string of the molecule is CS(C)(C)Cc1ccc(CO)cc1. The molecule has 1 nitrogen and oxygen atoms in total. The van der Waals surface area contributed by atoms with Crippen LogP contribution in [0.5, 0.6) is 0 Å². The number of hydrogen-bond donors (Lipinski definition) is 1. The second-order valence-electron chi connectivity index (χ2n) is 4.21. The summed E-state index contributed by atoms with van der Waals surface area (Å²) in [5.41, 5.74) is 2.37. The van der Waals surface area contributed by atoms with Crippen LogP contribution in [0.2, 0.25) is 0 Å². The first-order valence-corrected chi connectivity index (χ1v) is 7.38. The van der Waals surface area contributed by atoms with Crippen molar-refractivity contribution in [2.45, 2.75) is 12.4 Å². The van der Waals surface area contributed by atoms with Gasteiger partial charge in [0.15, 0.2) is 0 Å². The lowest BCUT2D eigenvalue weighted by Gasteiger charge is -2.25. The summed E-state index contributed by atoms with van der Waals surface area (Å²) in [6, 6.07) is 8.23. The maximum atomic E-state index is 8.87. The van der Waals surface area contributed by atoms with Crippen molar-refractivity contribution < 1.29 is 5.11 Å². The molecule has 74 valence electrons. The summed E-state index contributed by atoms with van der Waals surface area (Å²) >= 11 is 0. The predicted molar refractivity (Wildman–Crippen MR) is 61.4 cm³/mol. The molecule has 0 saturated heterocycles. The van der Waals surface area contributed by atoms with Gasteiger partial charge in [-0.05, 0) is 29.9 Å². The highest BCUT2D eigenvalue weighted by molar-refractivity contribution is 8.31. The fourth-order valence-electron chi connectivity index (χ4n) is 1.24. The van der Waals surface area contributed by atoms with Gasteiger partial charge in [0.2, 0.25) is 0 Å². The Bertz CT molecular complexity index is 258. The molecule has 0 unspecified atom stereocenters. The highest BCUT2D eigenvalue weighted by Gasteiger charge is 2.04. The summed E-state index contributed by atoms with van der Waals surface area (Å²) in [4.78, 5) is 0. The molecule has 1 rings (SSSR count). The minimum Gasteiger partial charge on any atom is -0.392 e. The smallest absolute Gasteiger partial charge is 0.0681 e. The number of hydrogen-bond acceptors (Lipinski definition) is 1. The zero-order valence-electron chi connectivity index (χ0n) is 8.58. The van der Waals surface area contributed by atoms with Gasteiger partial charge < -0.3 is 5.11 Å². The van der Waals surface area contributed by atoms with E-state index < -0.39 is 10.0 Å². The first-order valence-electron chi connectivity index (χ1n) is 4.36. The van der Waals surface area contributed by atoms with Crippen LogP contribution in [0.15, 0.2) is 24.3 Å². The second-order valence-corrected chi connectivity index (χ2v) is 8.68. The average molecular weight is 198 g/mol. The van der Waals surface area contributed by atoms with Crippen LogP contribution in [0.4, 0.5) is 0 Å². The van der Waals surface area contributed by atoms with Gasteiger partial charge in [0.1, 0.15) is 0 Å². The lowest BCUT2D eigenvalue weighted by Crippen LogP contribution is -1.96. The van der Waals surface area contributed by atoms with Gasteiger partial charge in [0.05, 0.1) is 6.61 Å². The standard InChI is InChI=1S/C11H18OS/c1-13(2,3)9-11-6-4-10(8-12)5-7-11/h4-7,12H,8-9H2,1-3H3. The van der Waals surface area contributed by atoms with Crippen molar-refractivity contribution in [1.29, 1.82) is 0 Å². The number of benzene rings is 1. The van der Waals surface area contributed by atoms with Crippen molar-refractivity contribution in [3.8, 4) is 0 Å². The molecule has 0 aliphatic rings. The molecule has 1 aromatic rings. The van der Waals surface area contributed by atoms with E-state index >= 15 is 0 Å². The Hall–Kier alpha value is -0.470. The fourth-order valence-corrected chi connectivity index (χ4v) is 2.43. The molecule has 13 heavy (non-hydrogen) atoms. The molecule has 0 saturated carbocycles. The van der Waals surface area contributed by atoms with E-state index in [1.54, 1.807) is 0 Å². The molecule has 0 bridgehead atoms. The summed E-state index contributed by atoms with van der Waals surface area (Å²) in [6.45, 7) is 0.142. The zero-order chi connectivity index (χ0) is 9.90. The molecule has 0 aliphatic carbocycles. The summed E-state index contributed by atoms with van der Waals surface area (Å²) < 4.78 is 0. The molecule has 0 fully saturated rings. The third-order valence-corrected chi connectivity index (χ3v) is 3.00. The topological polar surface area (TPSA) is 20.2 Å². The summed E-state index contributed by atoms with van der Waals surface area (Å²) in [5, 5.41) is 8.87. The zero-order valence-corrected chi connectivity index (χ0v) is 9.40.